The van der Waals surface area contributed by atoms with Crippen LogP contribution in [-0.2, 0) is 17.9 Å². The highest BCUT2D eigenvalue weighted by atomic mass is 32.2. The first kappa shape index (κ1) is 23.3. The van der Waals surface area contributed by atoms with E-state index in [1.807, 2.05) is 42.5 Å². The maximum Gasteiger partial charge on any atom is 0.235 e. The first-order chi connectivity index (χ1) is 17.2. The summed E-state index contributed by atoms with van der Waals surface area (Å²) in [4.78, 5) is 15.2. The van der Waals surface area contributed by atoms with Gasteiger partial charge in [0.05, 0.1) is 25.0 Å². The van der Waals surface area contributed by atoms with E-state index in [0.29, 0.717) is 17.5 Å². The number of nitrogens with zero attached hydrogens (tertiary/aromatic N) is 6. The second-order valence-electron chi connectivity index (χ2n) is 8.75. The zero-order valence-electron chi connectivity index (χ0n) is 19.8. The molecule has 4 aromatic rings. The maximum absolute atomic E-state index is 12.8. The van der Waals surface area contributed by atoms with Crippen molar-refractivity contribution in [3.63, 3.8) is 0 Å². The van der Waals surface area contributed by atoms with Gasteiger partial charge in [0.25, 0.3) is 0 Å². The van der Waals surface area contributed by atoms with Crippen molar-refractivity contribution >= 4 is 23.5 Å². The predicted molar refractivity (Wildman–Crippen MR) is 138 cm³/mol. The first-order valence-electron chi connectivity index (χ1n) is 11.9. The molecule has 2 aromatic heterocycles. The van der Waals surface area contributed by atoms with Gasteiger partial charge in [0, 0.05) is 11.8 Å². The molecule has 0 atom stereocenters. The van der Waals surface area contributed by atoms with Gasteiger partial charge in [-0.3, -0.25) is 14.3 Å². The second-order valence-corrected chi connectivity index (χ2v) is 9.70. The molecule has 3 heterocycles. The summed E-state index contributed by atoms with van der Waals surface area (Å²) in [6.45, 7) is 5.59. The summed E-state index contributed by atoms with van der Waals surface area (Å²) >= 11 is 1.39. The Morgan fingerprint density at radius 1 is 1.00 bits per heavy atom. The van der Waals surface area contributed by atoms with Gasteiger partial charge in [-0.1, -0.05) is 59.8 Å². The van der Waals surface area contributed by atoms with Gasteiger partial charge >= 0.3 is 0 Å². The summed E-state index contributed by atoms with van der Waals surface area (Å²) in [6.07, 6.45) is 4.15. The van der Waals surface area contributed by atoms with Gasteiger partial charge in [-0.15, -0.1) is 10.2 Å². The van der Waals surface area contributed by atoms with Crippen LogP contribution in [0, 0.1) is 6.92 Å². The minimum Gasteiger partial charge on any atom is -0.310 e. The molecule has 2 aromatic carbocycles. The number of amides is 1. The van der Waals surface area contributed by atoms with Gasteiger partial charge in [-0.2, -0.15) is 5.10 Å². The lowest BCUT2D eigenvalue weighted by atomic mass is 10.1. The second kappa shape index (κ2) is 10.9. The van der Waals surface area contributed by atoms with E-state index in [1.54, 1.807) is 10.9 Å². The molecule has 5 rings (SSSR count). The molecule has 35 heavy (non-hydrogen) atoms. The molecule has 1 fully saturated rings. The van der Waals surface area contributed by atoms with Crippen molar-refractivity contribution in [2.45, 2.75) is 38.0 Å². The van der Waals surface area contributed by atoms with E-state index in [9.17, 15) is 4.79 Å². The van der Waals surface area contributed by atoms with E-state index in [1.165, 1.54) is 30.2 Å². The highest BCUT2D eigenvalue weighted by molar-refractivity contribution is 7.99. The first-order valence-corrected chi connectivity index (χ1v) is 12.9. The van der Waals surface area contributed by atoms with Gasteiger partial charge in [-0.25, -0.2) is 4.68 Å². The zero-order valence-corrected chi connectivity index (χ0v) is 20.6. The maximum atomic E-state index is 12.8. The fourth-order valence-electron chi connectivity index (χ4n) is 4.33. The summed E-state index contributed by atoms with van der Waals surface area (Å²) in [7, 11) is 0. The summed E-state index contributed by atoms with van der Waals surface area (Å²) in [6, 6.07) is 20.2. The Balaban J connectivity index is 1.26. The van der Waals surface area contributed by atoms with Crippen LogP contribution in [-0.4, -0.2) is 54.2 Å². The van der Waals surface area contributed by atoms with E-state index >= 15 is 0 Å². The molecular formula is C26H29N7OS. The van der Waals surface area contributed by atoms with Crippen LogP contribution < -0.4 is 5.32 Å². The molecule has 0 unspecified atom stereocenters. The topological polar surface area (TPSA) is 80.9 Å². The number of anilines is 1. The lowest BCUT2D eigenvalue weighted by Crippen LogP contribution is -2.21. The van der Waals surface area contributed by atoms with Crippen LogP contribution >= 0.6 is 11.8 Å². The van der Waals surface area contributed by atoms with Gasteiger partial charge < -0.3 is 5.32 Å². The average molecular weight is 488 g/mol. The van der Waals surface area contributed by atoms with Gasteiger partial charge in [-0.05, 0) is 50.6 Å². The highest BCUT2D eigenvalue weighted by Crippen LogP contribution is 2.24. The summed E-state index contributed by atoms with van der Waals surface area (Å²) in [5, 5.41) is 17.0. The number of nitrogens with one attached hydrogen (secondary N) is 1. The van der Waals surface area contributed by atoms with Gasteiger partial charge in [0.2, 0.25) is 5.91 Å². The third-order valence-electron chi connectivity index (χ3n) is 6.01. The monoisotopic (exact) mass is 487 g/mol. The Hall–Kier alpha value is -3.43. The SMILES string of the molecule is Cc1cccc(Cn2nccc2NC(=O)CSc2nnc(CN3CCCC3)n2-c2ccccc2)c1. The quantitative estimate of drug-likeness (QED) is 0.357. The van der Waals surface area contributed by atoms with Crippen molar-refractivity contribution in [1.82, 2.24) is 29.4 Å². The van der Waals surface area contributed by atoms with Gasteiger partial charge in [0.1, 0.15) is 5.82 Å². The fraction of sp³-hybridized carbons (Fsp3) is 0.308. The molecule has 8 nitrogen and oxygen atoms in total. The number of hydrogen-bond acceptors (Lipinski definition) is 6. The average Bonchev–Trinajstić information content (AvgIpc) is 3.61. The van der Waals surface area contributed by atoms with Crippen LogP contribution in [0.3, 0.4) is 0 Å². The van der Waals surface area contributed by atoms with E-state index in [0.717, 1.165) is 36.7 Å². The fourth-order valence-corrected chi connectivity index (χ4v) is 5.10. The van der Waals surface area contributed by atoms with E-state index < -0.39 is 0 Å². The molecule has 0 spiro atoms. The van der Waals surface area contributed by atoms with Crippen molar-refractivity contribution in [2.24, 2.45) is 0 Å². The molecule has 1 aliphatic rings. The van der Waals surface area contributed by atoms with Crippen molar-refractivity contribution in [1.29, 1.82) is 0 Å². The Morgan fingerprint density at radius 2 is 1.83 bits per heavy atom. The van der Waals surface area contributed by atoms with Crippen LogP contribution in [0.2, 0.25) is 0 Å². The number of rotatable bonds is 9. The molecule has 180 valence electrons. The van der Waals surface area contributed by atoms with Crippen LogP contribution in [0.15, 0.2) is 72.0 Å². The molecule has 1 aliphatic heterocycles. The molecule has 1 N–H and O–H groups in total. The van der Waals surface area contributed by atoms with Crippen molar-refractivity contribution in [2.75, 3.05) is 24.2 Å². The third-order valence-corrected chi connectivity index (χ3v) is 6.94. The Labute approximate surface area is 209 Å². The standard InChI is InChI=1S/C26H29N7OS/c1-20-8-7-9-21(16-20)17-32-23(12-13-27-32)28-25(34)19-35-26-30-29-24(18-31-14-5-6-15-31)33(26)22-10-3-2-4-11-22/h2-4,7-13,16H,5-6,14-15,17-19H2,1H3,(H,28,34). The summed E-state index contributed by atoms with van der Waals surface area (Å²) in [5.41, 5.74) is 3.34. The van der Waals surface area contributed by atoms with Crippen LogP contribution in [0.1, 0.15) is 29.8 Å². The van der Waals surface area contributed by atoms with Crippen LogP contribution in [0.5, 0.6) is 0 Å². The van der Waals surface area contributed by atoms with E-state index in [4.69, 9.17) is 0 Å². The van der Waals surface area contributed by atoms with Crippen LogP contribution in [0.25, 0.3) is 5.69 Å². The lowest BCUT2D eigenvalue weighted by Gasteiger charge is -2.16. The molecule has 0 radical (unpaired) electrons. The molecule has 0 saturated carbocycles. The van der Waals surface area contributed by atoms with E-state index in [-0.39, 0.29) is 11.7 Å². The number of carbonyl (C=O) groups is 1. The number of aryl methyl sites for hydroxylation is 1. The number of hydrogen-bond donors (Lipinski definition) is 1. The number of para-hydroxylation sites is 1. The Morgan fingerprint density at radius 3 is 2.63 bits per heavy atom. The minimum absolute atomic E-state index is 0.107. The normalized spacial score (nSPS) is 13.9. The Kier molecular flexibility index (Phi) is 7.25. The minimum atomic E-state index is -0.107. The third kappa shape index (κ3) is 5.80. The molecule has 0 aliphatic carbocycles. The lowest BCUT2D eigenvalue weighted by molar-refractivity contribution is -0.113. The zero-order chi connectivity index (χ0) is 24.0. The van der Waals surface area contributed by atoms with Gasteiger partial charge in [0.15, 0.2) is 11.0 Å². The molecule has 0 bridgehead atoms. The van der Waals surface area contributed by atoms with Crippen molar-refractivity contribution in [3.8, 4) is 5.69 Å². The number of benzene rings is 2. The van der Waals surface area contributed by atoms with Crippen molar-refractivity contribution < 1.29 is 4.79 Å². The van der Waals surface area contributed by atoms with Crippen LogP contribution in [0.4, 0.5) is 5.82 Å². The molecule has 1 amide bonds. The molecule has 1 saturated heterocycles. The predicted octanol–water partition coefficient (Wildman–Crippen LogP) is 4.15. The number of aromatic nitrogens is 5. The summed E-state index contributed by atoms with van der Waals surface area (Å²) < 4.78 is 3.87. The Bertz CT molecular complexity index is 1280. The highest BCUT2D eigenvalue weighted by Gasteiger charge is 2.20. The number of thioether (sulfide) groups is 1. The largest absolute Gasteiger partial charge is 0.310 e. The number of likely N-dealkylation sites (tertiary alicyclic amines) is 1. The number of carbonyl (C=O) groups excluding carboxylic acids is 1. The molecular weight excluding hydrogens is 458 g/mol. The summed E-state index contributed by atoms with van der Waals surface area (Å²) in [5.74, 6) is 1.70. The smallest absolute Gasteiger partial charge is 0.235 e. The van der Waals surface area contributed by atoms with E-state index in [2.05, 4.69) is 55.2 Å². The molecule has 9 heteroatoms. The van der Waals surface area contributed by atoms with Crippen molar-refractivity contribution in [3.05, 3.63) is 83.8 Å².